The van der Waals surface area contributed by atoms with E-state index in [1.807, 2.05) is 49.6 Å². The second-order valence-electron chi connectivity index (χ2n) is 6.44. The molecular formula is C22H24N2O4. The van der Waals surface area contributed by atoms with Crippen LogP contribution in [-0.4, -0.2) is 35.6 Å². The quantitative estimate of drug-likeness (QED) is 0.532. The van der Waals surface area contributed by atoms with Crippen LogP contribution >= 0.6 is 0 Å². The first-order valence-corrected chi connectivity index (χ1v) is 9.09. The van der Waals surface area contributed by atoms with Crippen molar-refractivity contribution in [2.75, 3.05) is 13.7 Å². The molecule has 0 saturated heterocycles. The molecule has 6 nitrogen and oxygen atoms in total. The van der Waals surface area contributed by atoms with Crippen molar-refractivity contribution in [1.29, 1.82) is 0 Å². The number of ether oxygens (including phenoxy) is 3. The summed E-state index contributed by atoms with van der Waals surface area (Å²) in [4.78, 5) is 12.2. The van der Waals surface area contributed by atoms with Gasteiger partial charge < -0.3 is 14.2 Å². The van der Waals surface area contributed by atoms with Gasteiger partial charge in [0.1, 0.15) is 19.0 Å². The topological polar surface area (TPSA) is 62.6 Å². The minimum Gasteiger partial charge on any atom is -0.491 e. The van der Waals surface area contributed by atoms with Gasteiger partial charge in [-0.1, -0.05) is 30.3 Å². The van der Waals surface area contributed by atoms with Crippen LogP contribution in [0.15, 0.2) is 66.9 Å². The van der Waals surface area contributed by atoms with Crippen LogP contribution < -0.4 is 4.74 Å². The second kappa shape index (κ2) is 9.71. The monoisotopic (exact) mass is 380 g/mol. The Labute approximate surface area is 164 Å². The molecule has 3 aromatic rings. The molecule has 0 spiro atoms. The van der Waals surface area contributed by atoms with E-state index in [2.05, 4.69) is 5.10 Å². The zero-order chi connectivity index (χ0) is 19.8. The Morgan fingerprint density at radius 2 is 1.82 bits per heavy atom. The summed E-state index contributed by atoms with van der Waals surface area (Å²) in [6.07, 6.45) is 2.46. The lowest BCUT2D eigenvalue weighted by Gasteiger charge is -2.15. The molecule has 1 atom stereocenters. The summed E-state index contributed by atoms with van der Waals surface area (Å²) in [7, 11) is 3.54. The normalized spacial score (nSPS) is 11.8. The molecule has 1 heterocycles. The molecule has 1 aromatic heterocycles. The van der Waals surface area contributed by atoms with Crippen molar-refractivity contribution in [1.82, 2.24) is 9.78 Å². The summed E-state index contributed by atoms with van der Waals surface area (Å²) in [5.41, 5.74) is 2.39. The highest BCUT2D eigenvalue weighted by atomic mass is 16.5. The van der Waals surface area contributed by atoms with Crippen LogP contribution in [0.1, 0.15) is 21.6 Å². The number of rotatable bonds is 9. The number of hydrogen-bond acceptors (Lipinski definition) is 5. The second-order valence-corrected chi connectivity index (χ2v) is 6.44. The Balaban J connectivity index is 1.48. The van der Waals surface area contributed by atoms with E-state index < -0.39 is 0 Å². The largest absolute Gasteiger partial charge is 0.491 e. The van der Waals surface area contributed by atoms with Crippen LogP contribution in [-0.2, 0) is 29.5 Å². The number of benzene rings is 2. The summed E-state index contributed by atoms with van der Waals surface area (Å²) in [5, 5.41) is 4.35. The van der Waals surface area contributed by atoms with Crippen molar-refractivity contribution in [3.63, 3.8) is 0 Å². The summed E-state index contributed by atoms with van der Waals surface area (Å²) >= 11 is 0. The maximum absolute atomic E-state index is 12.2. The molecule has 1 unspecified atom stereocenters. The van der Waals surface area contributed by atoms with E-state index in [9.17, 15) is 4.79 Å². The third-order valence-electron chi connectivity index (χ3n) is 4.28. The minimum atomic E-state index is -0.361. The number of aryl methyl sites for hydroxylation is 1. The third-order valence-corrected chi connectivity index (χ3v) is 4.28. The SMILES string of the molecule is COC(COc1ccc(C(=O)OCc2ccccc2)cc1)Cc1ccn(C)n1. The Bertz CT molecular complexity index is 875. The van der Waals surface area contributed by atoms with Gasteiger partial charge in [-0.3, -0.25) is 4.68 Å². The van der Waals surface area contributed by atoms with E-state index in [4.69, 9.17) is 14.2 Å². The maximum Gasteiger partial charge on any atom is 0.338 e. The van der Waals surface area contributed by atoms with E-state index in [-0.39, 0.29) is 18.7 Å². The number of carbonyl (C=O) groups excluding carboxylic acids is 1. The number of methoxy groups -OCH3 is 1. The molecule has 0 aliphatic rings. The average Bonchev–Trinajstić information content (AvgIpc) is 3.15. The highest BCUT2D eigenvalue weighted by molar-refractivity contribution is 5.89. The van der Waals surface area contributed by atoms with Gasteiger partial charge in [-0.05, 0) is 35.9 Å². The molecule has 0 amide bonds. The van der Waals surface area contributed by atoms with Crippen molar-refractivity contribution in [2.45, 2.75) is 19.1 Å². The molecule has 0 aliphatic carbocycles. The molecule has 0 radical (unpaired) electrons. The Hall–Kier alpha value is -3.12. The van der Waals surface area contributed by atoms with Gasteiger partial charge >= 0.3 is 5.97 Å². The lowest BCUT2D eigenvalue weighted by Crippen LogP contribution is -2.23. The number of carbonyl (C=O) groups is 1. The molecule has 6 heteroatoms. The van der Waals surface area contributed by atoms with Gasteiger partial charge in [-0.2, -0.15) is 5.10 Å². The van der Waals surface area contributed by atoms with Crippen molar-refractivity contribution < 1.29 is 19.0 Å². The third kappa shape index (κ3) is 5.69. The summed E-state index contributed by atoms with van der Waals surface area (Å²) in [5.74, 6) is 0.308. The Kier molecular flexibility index (Phi) is 6.81. The summed E-state index contributed by atoms with van der Waals surface area (Å²) in [6, 6.07) is 18.5. The molecule has 2 aromatic carbocycles. The first kappa shape index (κ1) is 19.6. The highest BCUT2D eigenvalue weighted by Gasteiger charge is 2.12. The molecule has 0 N–H and O–H groups in total. The Morgan fingerprint density at radius 1 is 1.07 bits per heavy atom. The fraction of sp³-hybridized carbons (Fsp3) is 0.273. The van der Waals surface area contributed by atoms with Crippen LogP contribution in [0.5, 0.6) is 5.75 Å². The van der Waals surface area contributed by atoms with E-state index >= 15 is 0 Å². The number of esters is 1. The van der Waals surface area contributed by atoms with Gasteiger partial charge in [0.05, 0.1) is 17.4 Å². The van der Waals surface area contributed by atoms with Crippen LogP contribution in [0.3, 0.4) is 0 Å². The maximum atomic E-state index is 12.2. The lowest BCUT2D eigenvalue weighted by atomic mass is 10.2. The first-order valence-electron chi connectivity index (χ1n) is 9.09. The van der Waals surface area contributed by atoms with Gasteiger partial charge in [0.25, 0.3) is 0 Å². The molecule has 0 aliphatic heterocycles. The van der Waals surface area contributed by atoms with Gasteiger partial charge in [0.2, 0.25) is 0 Å². The van der Waals surface area contributed by atoms with Crippen LogP contribution in [0.4, 0.5) is 0 Å². The number of nitrogens with zero attached hydrogens (tertiary/aromatic N) is 2. The average molecular weight is 380 g/mol. The first-order chi connectivity index (χ1) is 13.6. The van der Waals surface area contributed by atoms with Gasteiger partial charge in [0.15, 0.2) is 0 Å². The van der Waals surface area contributed by atoms with Crippen molar-refractivity contribution in [2.24, 2.45) is 7.05 Å². The number of hydrogen-bond donors (Lipinski definition) is 0. The van der Waals surface area contributed by atoms with Gasteiger partial charge in [-0.25, -0.2) is 4.79 Å². The molecule has 0 bridgehead atoms. The van der Waals surface area contributed by atoms with E-state index in [1.54, 1.807) is 36.1 Å². The van der Waals surface area contributed by atoms with Gasteiger partial charge in [-0.15, -0.1) is 0 Å². The van der Waals surface area contributed by atoms with E-state index in [0.717, 1.165) is 11.3 Å². The van der Waals surface area contributed by atoms with Crippen molar-refractivity contribution >= 4 is 5.97 Å². The minimum absolute atomic E-state index is 0.106. The molecular weight excluding hydrogens is 356 g/mol. The van der Waals surface area contributed by atoms with E-state index in [1.165, 1.54) is 0 Å². The highest BCUT2D eigenvalue weighted by Crippen LogP contribution is 2.15. The lowest BCUT2D eigenvalue weighted by molar-refractivity contribution is 0.0472. The van der Waals surface area contributed by atoms with Crippen LogP contribution in [0.25, 0.3) is 0 Å². The van der Waals surface area contributed by atoms with E-state index in [0.29, 0.717) is 24.3 Å². The molecule has 3 rings (SSSR count). The van der Waals surface area contributed by atoms with Crippen molar-refractivity contribution in [3.8, 4) is 5.75 Å². The summed E-state index contributed by atoms with van der Waals surface area (Å²) in [6.45, 7) is 0.645. The summed E-state index contributed by atoms with van der Waals surface area (Å²) < 4.78 is 18.4. The molecule has 0 fully saturated rings. The Morgan fingerprint density at radius 3 is 2.46 bits per heavy atom. The molecule has 28 heavy (non-hydrogen) atoms. The smallest absolute Gasteiger partial charge is 0.338 e. The molecule has 146 valence electrons. The number of aromatic nitrogens is 2. The van der Waals surface area contributed by atoms with Crippen molar-refractivity contribution in [3.05, 3.63) is 83.7 Å². The zero-order valence-electron chi connectivity index (χ0n) is 16.1. The zero-order valence-corrected chi connectivity index (χ0v) is 16.1. The fourth-order valence-corrected chi connectivity index (χ4v) is 2.70. The van der Waals surface area contributed by atoms with Gasteiger partial charge in [0, 0.05) is 26.8 Å². The fourth-order valence-electron chi connectivity index (χ4n) is 2.70. The standard InChI is InChI=1S/C22H24N2O4/c1-24-13-12-19(23-24)14-21(26-2)16-27-20-10-8-18(9-11-20)22(25)28-15-17-6-4-3-5-7-17/h3-13,21H,14-16H2,1-2H3. The molecule has 0 saturated carbocycles. The predicted molar refractivity (Wildman–Crippen MR) is 105 cm³/mol. The van der Waals surface area contributed by atoms with Crippen LogP contribution in [0.2, 0.25) is 0 Å². The predicted octanol–water partition coefficient (Wildman–Crippen LogP) is 3.41. The van der Waals surface area contributed by atoms with Crippen LogP contribution in [0, 0.1) is 0 Å².